The van der Waals surface area contributed by atoms with Crippen molar-refractivity contribution < 1.29 is 28.4 Å². The van der Waals surface area contributed by atoms with Crippen LogP contribution in [0.4, 0.5) is 0 Å². The summed E-state index contributed by atoms with van der Waals surface area (Å²) >= 11 is 0. The maximum atomic E-state index is 5.61. The summed E-state index contributed by atoms with van der Waals surface area (Å²) in [6, 6.07) is 0. The first-order chi connectivity index (χ1) is 10.3. The third-order valence-corrected chi connectivity index (χ3v) is 2.99. The summed E-state index contributed by atoms with van der Waals surface area (Å²) in [5.41, 5.74) is 0. The summed E-state index contributed by atoms with van der Waals surface area (Å²) in [6.07, 6.45) is 1.93. The molecule has 0 bridgehead atoms. The molecule has 0 atom stereocenters. The van der Waals surface area contributed by atoms with Crippen molar-refractivity contribution in [3.05, 3.63) is 0 Å². The first kappa shape index (κ1) is 20.8. The molecule has 0 radical (unpaired) electrons. The Bertz CT molecular complexity index is 177. The lowest BCUT2D eigenvalue weighted by Gasteiger charge is -2.17. The van der Waals surface area contributed by atoms with E-state index in [1.807, 2.05) is 0 Å². The van der Waals surface area contributed by atoms with Gasteiger partial charge in [0.25, 0.3) is 0 Å². The molecule has 0 aromatic heterocycles. The van der Waals surface area contributed by atoms with Crippen molar-refractivity contribution in [3.63, 3.8) is 0 Å². The summed E-state index contributed by atoms with van der Waals surface area (Å²) in [4.78, 5) is 0. The van der Waals surface area contributed by atoms with Crippen LogP contribution in [-0.4, -0.2) is 80.8 Å². The second kappa shape index (κ2) is 17.8. The van der Waals surface area contributed by atoms with Gasteiger partial charge in [0.05, 0.1) is 39.6 Å². The topological polar surface area (TPSA) is 55.4 Å². The molecule has 0 aromatic carbocycles. The lowest BCUT2D eigenvalue weighted by atomic mass is 10.0. The Labute approximate surface area is 129 Å². The standard InChI is InChI=1S/C15H32O6/c1-16-8-11-19-6-4-15(14-21-13-10-18-3)5-7-20-12-9-17-2/h15H,4-14H2,1-3H3. The highest BCUT2D eigenvalue weighted by molar-refractivity contribution is 4.58. The molecule has 0 saturated heterocycles. The molecule has 6 nitrogen and oxygen atoms in total. The van der Waals surface area contributed by atoms with Crippen LogP contribution < -0.4 is 0 Å². The van der Waals surface area contributed by atoms with E-state index in [4.69, 9.17) is 28.4 Å². The van der Waals surface area contributed by atoms with Crippen LogP contribution in [0, 0.1) is 5.92 Å². The molecule has 0 rings (SSSR count). The predicted molar refractivity (Wildman–Crippen MR) is 80.8 cm³/mol. The van der Waals surface area contributed by atoms with Crippen LogP contribution in [-0.2, 0) is 28.4 Å². The minimum absolute atomic E-state index is 0.437. The van der Waals surface area contributed by atoms with Crippen molar-refractivity contribution in [2.45, 2.75) is 12.8 Å². The molecule has 0 heterocycles. The first-order valence-corrected chi connectivity index (χ1v) is 7.55. The Hall–Kier alpha value is -0.240. The van der Waals surface area contributed by atoms with E-state index in [1.165, 1.54) is 0 Å². The van der Waals surface area contributed by atoms with E-state index in [2.05, 4.69) is 0 Å². The second-order valence-electron chi connectivity index (χ2n) is 4.72. The first-order valence-electron chi connectivity index (χ1n) is 7.55. The highest BCUT2D eigenvalue weighted by atomic mass is 16.5. The summed E-state index contributed by atoms with van der Waals surface area (Å²) in [6.45, 7) is 5.95. The van der Waals surface area contributed by atoms with Crippen LogP contribution in [0.3, 0.4) is 0 Å². The van der Waals surface area contributed by atoms with E-state index in [1.54, 1.807) is 21.3 Å². The van der Waals surface area contributed by atoms with Gasteiger partial charge in [0.15, 0.2) is 0 Å². The van der Waals surface area contributed by atoms with Gasteiger partial charge in [-0.15, -0.1) is 0 Å². The Morgan fingerprint density at radius 3 is 1.38 bits per heavy atom. The Morgan fingerprint density at radius 1 is 0.524 bits per heavy atom. The summed E-state index contributed by atoms with van der Waals surface area (Å²) < 4.78 is 31.5. The molecule has 0 aliphatic rings. The van der Waals surface area contributed by atoms with E-state index >= 15 is 0 Å². The predicted octanol–water partition coefficient (Wildman–Crippen LogP) is 1.37. The Kier molecular flexibility index (Phi) is 17.6. The SMILES string of the molecule is COCCOCCC(CCOCCOC)COCCOC. The van der Waals surface area contributed by atoms with Crippen molar-refractivity contribution in [1.29, 1.82) is 0 Å². The van der Waals surface area contributed by atoms with Crippen LogP contribution in [0.2, 0.25) is 0 Å². The normalized spacial score (nSPS) is 11.4. The zero-order valence-electron chi connectivity index (χ0n) is 13.8. The summed E-state index contributed by atoms with van der Waals surface area (Å²) in [5.74, 6) is 0.437. The molecular weight excluding hydrogens is 276 g/mol. The van der Waals surface area contributed by atoms with Gasteiger partial charge in [-0.1, -0.05) is 0 Å². The molecule has 0 N–H and O–H groups in total. The highest BCUT2D eigenvalue weighted by Crippen LogP contribution is 2.10. The van der Waals surface area contributed by atoms with E-state index in [-0.39, 0.29) is 0 Å². The lowest BCUT2D eigenvalue weighted by Crippen LogP contribution is -2.18. The van der Waals surface area contributed by atoms with E-state index in [0.717, 1.165) is 26.1 Å². The molecule has 0 unspecified atom stereocenters. The molecule has 0 spiro atoms. The van der Waals surface area contributed by atoms with Gasteiger partial charge in [-0.2, -0.15) is 0 Å². The quantitative estimate of drug-likeness (QED) is 0.378. The highest BCUT2D eigenvalue weighted by Gasteiger charge is 2.09. The number of rotatable bonds is 17. The molecule has 0 aromatic rings. The van der Waals surface area contributed by atoms with Gasteiger partial charge in [0.1, 0.15) is 0 Å². The third-order valence-electron chi connectivity index (χ3n) is 2.99. The molecular formula is C15H32O6. The Balaban J connectivity index is 3.69. The third kappa shape index (κ3) is 16.0. The van der Waals surface area contributed by atoms with Gasteiger partial charge < -0.3 is 28.4 Å². The van der Waals surface area contributed by atoms with Crippen molar-refractivity contribution in [2.24, 2.45) is 5.92 Å². The minimum atomic E-state index is 0.437. The zero-order valence-corrected chi connectivity index (χ0v) is 13.8. The molecule has 0 amide bonds. The molecule has 0 saturated carbocycles. The maximum absolute atomic E-state index is 5.61. The van der Waals surface area contributed by atoms with Crippen LogP contribution in [0.5, 0.6) is 0 Å². The molecule has 6 heteroatoms. The average Bonchev–Trinajstić information content (AvgIpc) is 2.50. The monoisotopic (exact) mass is 308 g/mol. The van der Waals surface area contributed by atoms with Gasteiger partial charge in [0, 0.05) is 41.2 Å². The maximum Gasteiger partial charge on any atom is 0.0700 e. The van der Waals surface area contributed by atoms with Crippen LogP contribution >= 0.6 is 0 Å². The number of ether oxygens (including phenoxy) is 6. The van der Waals surface area contributed by atoms with Gasteiger partial charge in [-0.25, -0.2) is 0 Å². The summed E-state index contributed by atoms with van der Waals surface area (Å²) in [7, 11) is 5.02. The fourth-order valence-electron chi connectivity index (χ4n) is 1.69. The molecule has 0 aliphatic heterocycles. The smallest absolute Gasteiger partial charge is 0.0700 e. The van der Waals surface area contributed by atoms with Crippen molar-refractivity contribution in [3.8, 4) is 0 Å². The summed E-state index contributed by atoms with van der Waals surface area (Å²) in [5, 5.41) is 0. The minimum Gasteiger partial charge on any atom is -0.382 e. The van der Waals surface area contributed by atoms with Crippen molar-refractivity contribution >= 4 is 0 Å². The molecule has 21 heavy (non-hydrogen) atoms. The van der Waals surface area contributed by atoms with E-state index in [0.29, 0.717) is 52.2 Å². The fourth-order valence-corrected chi connectivity index (χ4v) is 1.69. The van der Waals surface area contributed by atoms with Crippen molar-refractivity contribution in [2.75, 3.05) is 80.8 Å². The van der Waals surface area contributed by atoms with Crippen LogP contribution in [0.15, 0.2) is 0 Å². The molecule has 0 aliphatic carbocycles. The number of hydrogen-bond donors (Lipinski definition) is 0. The fraction of sp³-hybridized carbons (Fsp3) is 1.00. The van der Waals surface area contributed by atoms with Gasteiger partial charge in [-0.05, 0) is 18.8 Å². The zero-order chi connectivity index (χ0) is 15.6. The molecule has 0 fully saturated rings. The largest absolute Gasteiger partial charge is 0.382 e. The van der Waals surface area contributed by atoms with E-state index < -0.39 is 0 Å². The van der Waals surface area contributed by atoms with Gasteiger partial charge >= 0.3 is 0 Å². The number of hydrogen-bond acceptors (Lipinski definition) is 6. The lowest BCUT2D eigenvalue weighted by molar-refractivity contribution is 0.0164. The average molecular weight is 308 g/mol. The van der Waals surface area contributed by atoms with E-state index in [9.17, 15) is 0 Å². The van der Waals surface area contributed by atoms with Crippen LogP contribution in [0.1, 0.15) is 12.8 Å². The molecule has 128 valence electrons. The van der Waals surface area contributed by atoms with Crippen molar-refractivity contribution in [1.82, 2.24) is 0 Å². The second-order valence-corrected chi connectivity index (χ2v) is 4.72. The van der Waals surface area contributed by atoms with Gasteiger partial charge in [0.2, 0.25) is 0 Å². The van der Waals surface area contributed by atoms with Crippen LogP contribution in [0.25, 0.3) is 0 Å². The van der Waals surface area contributed by atoms with Gasteiger partial charge in [-0.3, -0.25) is 0 Å². The number of methoxy groups -OCH3 is 3. The Morgan fingerprint density at radius 2 is 0.952 bits per heavy atom.